The first kappa shape index (κ1) is 17.9. The van der Waals surface area contributed by atoms with Gasteiger partial charge >= 0.3 is 12.0 Å². The fourth-order valence-electron chi connectivity index (χ4n) is 2.67. The maximum atomic E-state index is 12.0. The van der Waals surface area contributed by atoms with Crippen LogP contribution in [-0.4, -0.2) is 71.2 Å². The molecule has 0 saturated heterocycles. The lowest BCUT2D eigenvalue weighted by molar-refractivity contribution is -0.139. The average Bonchev–Trinajstić information content (AvgIpc) is 2.48. The normalized spacial score (nSPS) is 19.5. The Labute approximate surface area is 141 Å². The fourth-order valence-corrected chi connectivity index (χ4v) is 2.67. The number of carbonyl (C=O) groups is 2. The Morgan fingerprint density at radius 2 is 2.04 bits per heavy atom. The smallest absolute Gasteiger partial charge is 0.320 e. The molecular weight excluding hydrogens is 312 g/mol. The number of carboxylic acids is 1. The first-order valence-electron chi connectivity index (χ1n) is 7.91. The van der Waals surface area contributed by atoms with Crippen LogP contribution in [0.25, 0.3) is 0 Å². The molecule has 0 spiro atoms. The molecule has 0 unspecified atom stereocenters. The molecule has 0 radical (unpaired) electrons. The van der Waals surface area contributed by atoms with E-state index in [1.54, 1.807) is 6.07 Å². The highest BCUT2D eigenvalue weighted by molar-refractivity contribution is 5.88. The molecule has 132 valence electrons. The van der Waals surface area contributed by atoms with Crippen molar-refractivity contribution in [3.8, 4) is 0 Å². The van der Waals surface area contributed by atoms with Crippen LogP contribution in [0.15, 0.2) is 12.4 Å². The predicted octanol–water partition coefficient (Wildman–Crippen LogP) is 0.602. The van der Waals surface area contributed by atoms with Gasteiger partial charge in [-0.25, -0.2) is 14.8 Å². The summed E-state index contributed by atoms with van der Waals surface area (Å²) in [6, 6.07) is 1.63. The van der Waals surface area contributed by atoms with Crippen molar-refractivity contribution in [3.05, 3.63) is 12.4 Å². The lowest BCUT2D eigenvalue weighted by Crippen LogP contribution is -2.55. The Morgan fingerprint density at radius 1 is 1.33 bits per heavy atom. The molecule has 0 bridgehead atoms. The van der Waals surface area contributed by atoms with Gasteiger partial charge in [0.05, 0.1) is 6.54 Å². The zero-order valence-corrected chi connectivity index (χ0v) is 14.2. The average molecular weight is 336 g/mol. The third-order valence-electron chi connectivity index (χ3n) is 4.06. The molecule has 9 heteroatoms. The maximum absolute atomic E-state index is 12.0. The number of amides is 2. The summed E-state index contributed by atoms with van der Waals surface area (Å²) in [6.07, 6.45) is 2.90. The monoisotopic (exact) mass is 336 g/mol. The third kappa shape index (κ3) is 4.79. The standard InChI is InChI=1S/C15H24N6O3/c1-4-21(8-14(22)23)11-5-10(6-11)18-15(24)19-12-7-13(20(2)3)17-9-16-12/h7,9-11H,4-6,8H2,1-3H3,(H,22,23)(H2,16,17,18,19,24). The number of anilines is 2. The number of aliphatic carboxylic acids is 1. The van der Waals surface area contributed by atoms with Crippen molar-refractivity contribution in [2.75, 3.05) is 37.4 Å². The van der Waals surface area contributed by atoms with E-state index in [1.807, 2.05) is 30.8 Å². The highest BCUT2D eigenvalue weighted by Crippen LogP contribution is 2.25. The summed E-state index contributed by atoms with van der Waals surface area (Å²) >= 11 is 0. The van der Waals surface area contributed by atoms with Crippen molar-refractivity contribution >= 4 is 23.6 Å². The van der Waals surface area contributed by atoms with E-state index >= 15 is 0 Å². The molecule has 0 aliphatic heterocycles. The van der Waals surface area contributed by atoms with Gasteiger partial charge in [-0.2, -0.15) is 0 Å². The van der Waals surface area contributed by atoms with Crippen molar-refractivity contribution in [1.82, 2.24) is 20.2 Å². The Kier molecular flexibility index (Phi) is 5.91. The molecule has 1 aliphatic carbocycles. The van der Waals surface area contributed by atoms with Crippen LogP contribution in [-0.2, 0) is 4.79 Å². The molecule has 1 aromatic heterocycles. The van der Waals surface area contributed by atoms with Gasteiger partial charge in [0, 0.05) is 32.2 Å². The van der Waals surface area contributed by atoms with Crippen molar-refractivity contribution in [1.29, 1.82) is 0 Å². The van der Waals surface area contributed by atoms with Gasteiger partial charge in [0.15, 0.2) is 0 Å². The van der Waals surface area contributed by atoms with Gasteiger partial charge in [-0.05, 0) is 19.4 Å². The number of carboxylic acid groups (broad SMARTS) is 1. The summed E-state index contributed by atoms with van der Waals surface area (Å²) in [7, 11) is 3.72. The van der Waals surface area contributed by atoms with Crippen LogP contribution in [0.2, 0.25) is 0 Å². The molecule has 1 fully saturated rings. The number of nitrogens with zero attached hydrogens (tertiary/aromatic N) is 4. The molecule has 0 aromatic carbocycles. The zero-order chi connectivity index (χ0) is 17.7. The topological polar surface area (TPSA) is 111 Å². The summed E-state index contributed by atoms with van der Waals surface area (Å²) in [5.41, 5.74) is 0. The Morgan fingerprint density at radius 3 is 2.62 bits per heavy atom. The van der Waals surface area contributed by atoms with E-state index in [4.69, 9.17) is 5.11 Å². The second-order valence-electron chi connectivity index (χ2n) is 6.03. The molecule has 2 rings (SSSR count). The summed E-state index contributed by atoms with van der Waals surface area (Å²) in [5, 5.41) is 14.5. The minimum absolute atomic E-state index is 0.0360. The number of hydrogen-bond donors (Lipinski definition) is 3. The van der Waals surface area contributed by atoms with Crippen LogP contribution in [0, 0.1) is 0 Å². The van der Waals surface area contributed by atoms with E-state index in [-0.39, 0.29) is 24.7 Å². The largest absolute Gasteiger partial charge is 0.480 e. The zero-order valence-electron chi connectivity index (χ0n) is 14.2. The maximum Gasteiger partial charge on any atom is 0.320 e. The van der Waals surface area contributed by atoms with Gasteiger partial charge in [0.2, 0.25) is 0 Å². The highest BCUT2D eigenvalue weighted by Gasteiger charge is 2.34. The predicted molar refractivity (Wildman–Crippen MR) is 90.2 cm³/mol. The number of nitrogens with one attached hydrogen (secondary N) is 2. The number of carbonyl (C=O) groups excluding carboxylic acids is 1. The minimum Gasteiger partial charge on any atom is -0.480 e. The lowest BCUT2D eigenvalue weighted by Gasteiger charge is -2.42. The molecule has 9 nitrogen and oxygen atoms in total. The van der Waals surface area contributed by atoms with E-state index in [9.17, 15) is 9.59 Å². The van der Waals surface area contributed by atoms with Crippen molar-refractivity contribution in [2.45, 2.75) is 31.8 Å². The Bertz CT molecular complexity index is 588. The van der Waals surface area contributed by atoms with Gasteiger partial charge in [-0.1, -0.05) is 6.92 Å². The SMILES string of the molecule is CCN(CC(=O)O)C1CC(NC(=O)Nc2cc(N(C)C)ncn2)C1. The van der Waals surface area contributed by atoms with Crippen LogP contribution in [0.1, 0.15) is 19.8 Å². The van der Waals surface area contributed by atoms with E-state index in [2.05, 4.69) is 20.6 Å². The molecule has 2 amide bonds. The summed E-state index contributed by atoms with van der Waals surface area (Å²) in [5.74, 6) is 0.311. The number of likely N-dealkylation sites (N-methyl/N-ethyl adjacent to an activating group) is 1. The third-order valence-corrected chi connectivity index (χ3v) is 4.06. The van der Waals surface area contributed by atoms with E-state index < -0.39 is 5.97 Å². The molecule has 0 atom stereocenters. The molecule has 1 aliphatic rings. The lowest BCUT2D eigenvalue weighted by atomic mass is 9.85. The molecule has 1 heterocycles. The number of rotatable bonds is 7. The van der Waals surface area contributed by atoms with Crippen LogP contribution in [0.5, 0.6) is 0 Å². The van der Waals surface area contributed by atoms with Gasteiger partial charge in [0.1, 0.15) is 18.0 Å². The Hall–Kier alpha value is -2.42. The quantitative estimate of drug-likeness (QED) is 0.669. The summed E-state index contributed by atoms with van der Waals surface area (Å²) in [4.78, 5) is 34.7. The Balaban J connectivity index is 1.78. The van der Waals surface area contributed by atoms with Gasteiger partial charge in [-0.15, -0.1) is 0 Å². The molecule has 3 N–H and O–H groups in total. The molecule has 1 saturated carbocycles. The number of aromatic nitrogens is 2. The first-order chi connectivity index (χ1) is 11.4. The van der Waals surface area contributed by atoms with E-state index in [0.29, 0.717) is 18.2 Å². The van der Waals surface area contributed by atoms with Crippen molar-refractivity contribution in [3.63, 3.8) is 0 Å². The van der Waals surface area contributed by atoms with Gasteiger partial charge < -0.3 is 15.3 Å². The minimum atomic E-state index is -0.827. The van der Waals surface area contributed by atoms with Gasteiger partial charge in [0.25, 0.3) is 0 Å². The molecule has 1 aromatic rings. The van der Waals surface area contributed by atoms with Gasteiger partial charge in [-0.3, -0.25) is 15.0 Å². The molecular formula is C15H24N6O3. The van der Waals surface area contributed by atoms with Crippen molar-refractivity contribution < 1.29 is 14.7 Å². The second kappa shape index (κ2) is 7.91. The summed E-state index contributed by atoms with van der Waals surface area (Å²) in [6.45, 7) is 2.66. The van der Waals surface area contributed by atoms with E-state index in [0.717, 1.165) is 12.8 Å². The summed E-state index contributed by atoms with van der Waals surface area (Å²) < 4.78 is 0. The first-order valence-corrected chi connectivity index (χ1v) is 7.91. The molecule has 24 heavy (non-hydrogen) atoms. The van der Waals surface area contributed by atoms with Crippen LogP contribution in [0.3, 0.4) is 0 Å². The van der Waals surface area contributed by atoms with Crippen LogP contribution >= 0.6 is 0 Å². The number of hydrogen-bond acceptors (Lipinski definition) is 6. The second-order valence-corrected chi connectivity index (χ2v) is 6.03. The van der Waals surface area contributed by atoms with Crippen LogP contribution < -0.4 is 15.5 Å². The van der Waals surface area contributed by atoms with Crippen molar-refractivity contribution in [2.24, 2.45) is 0 Å². The number of urea groups is 1. The highest BCUT2D eigenvalue weighted by atomic mass is 16.4. The van der Waals surface area contributed by atoms with E-state index in [1.165, 1.54) is 6.33 Å². The fraction of sp³-hybridized carbons (Fsp3) is 0.600. The van der Waals surface area contributed by atoms with Crippen LogP contribution in [0.4, 0.5) is 16.4 Å².